The van der Waals surface area contributed by atoms with Gasteiger partial charge in [-0.3, -0.25) is 0 Å². The predicted molar refractivity (Wildman–Crippen MR) is 62.5 cm³/mol. The van der Waals surface area contributed by atoms with Gasteiger partial charge < -0.3 is 4.79 Å². The summed E-state index contributed by atoms with van der Waals surface area (Å²) >= 11 is 0. The highest BCUT2D eigenvalue weighted by Gasteiger charge is 2.49. The molecule has 0 aliphatic carbocycles. The van der Waals surface area contributed by atoms with Gasteiger partial charge in [-0.05, 0) is 5.56 Å². The third kappa shape index (κ3) is 4.03. The van der Waals surface area contributed by atoms with Gasteiger partial charge in [0, 0.05) is 19.5 Å². The Morgan fingerprint density at radius 2 is 1.74 bits per heavy atom. The molecule has 19 heavy (non-hydrogen) atoms. The number of benzene rings is 1. The molecule has 0 aromatic heterocycles. The van der Waals surface area contributed by atoms with Crippen molar-refractivity contribution in [3.8, 4) is 0 Å². The molecule has 0 unspecified atom stereocenters. The molecule has 1 rings (SSSR count). The Morgan fingerprint density at radius 3 is 2.21 bits per heavy atom. The molecule has 0 saturated heterocycles. The number of carbonyl (C=O) groups excluding carboxylic acids is 1. The summed E-state index contributed by atoms with van der Waals surface area (Å²) in [7, 11) is -5.43. The van der Waals surface area contributed by atoms with E-state index in [1.807, 2.05) is 0 Å². The molecule has 1 aromatic rings. The van der Waals surface area contributed by atoms with Crippen LogP contribution in [0.15, 0.2) is 30.3 Å². The summed E-state index contributed by atoms with van der Waals surface area (Å²) in [6, 6.07) is 7.87. The zero-order valence-electron chi connectivity index (χ0n) is 9.80. The van der Waals surface area contributed by atoms with E-state index in [1.165, 1.54) is 12.1 Å². The van der Waals surface area contributed by atoms with E-state index in [4.69, 9.17) is 0 Å². The first-order chi connectivity index (χ1) is 8.79. The largest absolute Gasteiger partial charge is 0.511 e. The van der Waals surface area contributed by atoms with Crippen molar-refractivity contribution < 1.29 is 26.4 Å². The lowest BCUT2D eigenvalue weighted by Gasteiger charge is -2.22. The summed E-state index contributed by atoms with van der Waals surface area (Å²) in [5, 5.41) is 0. The number of aldehydes is 1. The quantitative estimate of drug-likeness (QED) is 0.754. The van der Waals surface area contributed by atoms with Crippen LogP contribution in [0.5, 0.6) is 0 Å². The standard InChI is InChI=1S/C11H12F3NO3S/c12-11(13,14)19(17,18)15(7-4-8-16)9-10-5-2-1-3-6-10/h1-3,5-6,8H,4,7,9H2. The van der Waals surface area contributed by atoms with Gasteiger partial charge in [0.1, 0.15) is 6.29 Å². The average Bonchev–Trinajstić information content (AvgIpc) is 2.34. The minimum atomic E-state index is -5.43. The van der Waals surface area contributed by atoms with Crippen molar-refractivity contribution >= 4 is 16.3 Å². The Kier molecular flexibility index (Phi) is 5.07. The number of hydrogen-bond acceptors (Lipinski definition) is 3. The lowest BCUT2D eigenvalue weighted by atomic mass is 10.2. The molecule has 0 bridgehead atoms. The monoisotopic (exact) mass is 295 g/mol. The van der Waals surface area contributed by atoms with Gasteiger partial charge in [-0.25, -0.2) is 8.42 Å². The smallest absolute Gasteiger partial charge is 0.303 e. The van der Waals surface area contributed by atoms with Crippen LogP contribution in [0, 0.1) is 0 Å². The Balaban J connectivity index is 2.99. The molecule has 0 aliphatic heterocycles. The topological polar surface area (TPSA) is 54.5 Å². The van der Waals surface area contributed by atoms with E-state index in [0.717, 1.165) is 0 Å². The van der Waals surface area contributed by atoms with Gasteiger partial charge in [0.2, 0.25) is 0 Å². The fourth-order valence-corrected chi connectivity index (χ4v) is 2.37. The summed E-state index contributed by atoms with van der Waals surface area (Å²) in [5.74, 6) is 0. The summed E-state index contributed by atoms with van der Waals surface area (Å²) < 4.78 is 60.4. The highest BCUT2D eigenvalue weighted by molar-refractivity contribution is 7.89. The van der Waals surface area contributed by atoms with Crippen LogP contribution in [-0.4, -0.2) is 31.1 Å². The van der Waals surface area contributed by atoms with Crippen molar-refractivity contribution in [2.45, 2.75) is 18.5 Å². The van der Waals surface area contributed by atoms with Gasteiger partial charge in [0.25, 0.3) is 0 Å². The minimum absolute atomic E-state index is 0.261. The maximum Gasteiger partial charge on any atom is 0.511 e. The molecular weight excluding hydrogens is 283 g/mol. The minimum Gasteiger partial charge on any atom is -0.303 e. The Labute approximate surface area is 108 Å². The fraction of sp³-hybridized carbons (Fsp3) is 0.364. The second-order valence-electron chi connectivity index (χ2n) is 3.73. The third-order valence-corrected chi connectivity index (χ3v) is 3.91. The zero-order valence-corrected chi connectivity index (χ0v) is 10.6. The maximum absolute atomic E-state index is 12.5. The number of carbonyl (C=O) groups is 1. The Bertz CT molecular complexity index is 514. The van der Waals surface area contributed by atoms with E-state index in [-0.39, 0.29) is 10.7 Å². The molecule has 0 spiro atoms. The molecule has 0 saturated carbocycles. The summed E-state index contributed by atoms with van der Waals surface area (Å²) in [5.41, 5.74) is -4.95. The fourth-order valence-electron chi connectivity index (χ4n) is 1.41. The molecule has 0 aliphatic rings. The zero-order chi connectivity index (χ0) is 14.5. The summed E-state index contributed by atoms with van der Waals surface area (Å²) in [6.45, 7) is -0.920. The molecule has 0 N–H and O–H groups in total. The molecular formula is C11H12F3NO3S. The molecule has 4 nitrogen and oxygen atoms in total. The number of alkyl halides is 3. The molecule has 8 heteroatoms. The SMILES string of the molecule is O=CCCN(Cc1ccccc1)S(=O)(=O)C(F)(F)F. The van der Waals surface area contributed by atoms with E-state index >= 15 is 0 Å². The first-order valence-corrected chi connectivity index (χ1v) is 6.77. The van der Waals surface area contributed by atoms with Crippen LogP contribution in [0.4, 0.5) is 13.2 Å². The van der Waals surface area contributed by atoms with E-state index in [0.29, 0.717) is 11.8 Å². The number of rotatable bonds is 6. The lowest BCUT2D eigenvalue weighted by molar-refractivity contribution is -0.108. The molecule has 0 heterocycles. The van der Waals surface area contributed by atoms with Crippen LogP contribution in [-0.2, 0) is 21.4 Å². The molecule has 0 fully saturated rings. The van der Waals surface area contributed by atoms with Gasteiger partial charge in [-0.15, -0.1) is 0 Å². The van der Waals surface area contributed by atoms with Gasteiger partial charge >= 0.3 is 15.5 Å². The van der Waals surface area contributed by atoms with Crippen molar-refractivity contribution in [2.24, 2.45) is 0 Å². The molecule has 0 atom stereocenters. The second-order valence-corrected chi connectivity index (χ2v) is 5.65. The predicted octanol–water partition coefficient (Wildman–Crippen LogP) is 1.93. The van der Waals surface area contributed by atoms with Crippen molar-refractivity contribution in [1.29, 1.82) is 0 Å². The third-order valence-electron chi connectivity index (χ3n) is 2.33. The van der Waals surface area contributed by atoms with Gasteiger partial charge in [-0.2, -0.15) is 17.5 Å². The van der Waals surface area contributed by atoms with Crippen LogP contribution in [0.1, 0.15) is 12.0 Å². The average molecular weight is 295 g/mol. The number of halogens is 3. The molecule has 1 aromatic carbocycles. The van der Waals surface area contributed by atoms with E-state index in [2.05, 4.69) is 0 Å². The Hall–Kier alpha value is -1.41. The van der Waals surface area contributed by atoms with Crippen molar-refractivity contribution in [3.05, 3.63) is 35.9 Å². The molecule has 106 valence electrons. The van der Waals surface area contributed by atoms with Crippen molar-refractivity contribution in [3.63, 3.8) is 0 Å². The van der Waals surface area contributed by atoms with E-state index in [1.54, 1.807) is 18.2 Å². The first kappa shape index (κ1) is 15.6. The Morgan fingerprint density at radius 1 is 1.16 bits per heavy atom. The molecule has 0 amide bonds. The van der Waals surface area contributed by atoms with Gasteiger partial charge in [-0.1, -0.05) is 30.3 Å². The highest BCUT2D eigenvalue weighted by atomic mass is 32.2. The summed E-state index contributed by atoms with van der Waals surface area (Å²) in [6.07, 6.45) is 0.0893. The van der Waals surface area contributed by atoms with Crippen LogP contribution in [0.25, 0.3) is 0 Å². The number of nitrogens with zero attached hydrogens (tertiary/aromatic N) is 1. The van der Waals surface area contributed by atoms with Crippen molar-refractivity contribution in [2.75, 3.05) is 6.54 Å². The van der Waals surface area contributed by atoms with Gasteiger partial charge in [0.15, 0.2) is 0 Å². The van der Waals surface area contributed by atoms with E-state index < -0.39 is 28.6 Å². The summed E-state index contributed by atoms with van der Waals surface area (Å²) in [4.78, 5) is 10.2. The van der Waals surface area contributed by atoms with E-state index in [9.17, 15) is 26.4 Å². The number of hydrogen-bond donors (Lipinski definition) is 0. The van der Waals surface area contributed by atoms with Crippen LogP contribution < -0.4 is 0 Å². The lowest BCUT2D eigenvalue weighted by Crippen LogP contribution is -2.40. The highest BCUT2D eigenvalue weighted by Crippen LogP contribution is 2.28. The second kappa shape index (κ2) is 6.16. The van der Waals surface area contributed by atoms with Crippen LogP contribution >= 0.6 is 0 Å². The van der Waals surface area contributed by atoms with Gasteiger partial charge in [0.05, 0.1) is 0 Å². The number of sulfonamides is 1. The normalized spacial score (nSPS) is 12.6. The van der Waals surface area contributed by atoms with Crippen molar-refractivity contribution in [1.82, 2.24) is 4.31 Å². The first-order valence-electron chi connectivity index (χ1n) is 5.33. The van der Waals surface area contributed by atoms with Crippen LogP contribution in [0.2, 0.25) is 0 Å². The van der Waals surface area contributed by atoms with Crippen LogP contribution in [0.3, 0.4) is 0 Å². The molecule has 0 radical (unpaired) electrons. The maximum atomic E-state index is 12.5.